The first-order valence-electron chi connectivity index (χ1n) is 5.58. The number of amides is 2. The molecule has 1 heterocycles. The van der Waals surface area contributed by atoms with Gasteiger partial charge in [0, 0.05) is 5.75 Å². The summed E-state index contributed by atoms with van der Waals surface area (Å²) in [5.74, 6) is 0.303. The average Bonchev–Trinajstić information content (AvgIpc) is 2.68. The van der Waals surface area contributed by atoms with Crippen LogP contribution >= 0.6 is 11.8 Å². The van der Waals surface area contributed by atoms with Crippen LogP contribution in [0.2, 0.25) is 0 Å². The molecule has 3 N–H and O–H groups in total. The second-order valence-electron chi connectivity index (χ2n) is 4.26. The van der Waals surface area contributed by atoms with Crippen molar-refractivity contribution in [3.05, 3.63) is 0 Å². The van der Waals surface area contributed by atoms with Gasteiger partial charge >= 0.3 is 0 Å². The highest BCUT2D eigenvalue weighted by molar-refractivity contribution is 8.14. The predicted octanol–water partition coefficient (Wildman–Crippen LogP) is 0.231. The number of aliphatic hydroxyl groups excluding tert-OH is 1. The van der Waals surface area contributed by atoms with Crippen LogP contribution in [0.1, 0.15) is 25.7 Å². The van der Waals surface area contributed by atoms with E-state index in [4.69, 9.17) is 0 Å². The fourth-order valence-corrected chi connectivity index (χ4v) is 2.87. The standard InChI is InChI=1S/C10H16N2O3S/c13-8-4-2-1-3-6(8)11-9(14)7-5-16-10(15)12-7/h6-8,13H,1-5H2,(H,11,14)(H,12,15)/t6-,7?,8-/m1/s1. The van der Waals surface area contributed by atoms with Crippen molar-refractivity contribution in [2.45, 2.75) is 43.9 Å². The Morgan fingerprint density at radius 2 is 2.19 bits per heavy atom. The van der Waals surface area contributed by atoms with E-state index in [1.165, 1.54) is 0 Å². The summed E-state index contributed by atoms with van der Waals surface area (Å²) in [6.45, 7) is 0. The molecule has 2 fully saturated rings. The summed E-state index contributed by atoms with van der Waals surface area (Å²) in [6, 6.07) is -0.588. The highest BCUT2D eigenvalue weighted by Gasteiger charge is 2.31. The van der Waals surface area contributed by atoms with Gasteiger partial charge in [0.05, 0.1) is 12.1 Å². The van der Waals surface area contributed by atoms with Crippen LogP contribution in [0.4, 0.5) is 4.79 Å². The third-order valence-corrected chi connectivity index (χ3v) is 3.93. The van der Waals surface area contributed by atoms with Crippen molar-refractivity contribution >= 4 is 22.9 Å². The molecule has 1 unspecified atom stereocenters. The quantitative estimate of drug-likeness (QED) is 0.650. The zero-order valence-corrected chi connectivity index (χ0v) is 9.76. The van der Waals surface area contributed by atoms with Gasteiger partial charge < -0.3 is 15.7 Å². The molecule has 5 nitrogen and oxygen atoms in total. The maximum Gasteiger partial charge on any atom is 0.279 e. The number of thioether (sulfide) groups is 1. The molecule has 0 aromatic rings. The van der Waals surface area contributed by atoms with Crippen molar-refractivity contribution in [2.75, 3.05) is 5.75 Å². The second-order valence-corrected chi connectivity index (χ2v) is 5.26. The summed E-state index contributed by atoms with van der Waals surface area (Å²) in [7, 11) is 0. The molecule has 1 saturated heterocycles. The van der Waals surface area contributed by atoms with Crippen LogP contribution in [0.5, 0.6) is 0 Å². The van der Waals surface area contributed by atoms with Crippen LogP contribution in [-0.2, 0) is 4.79 Å². The maximum atomic E-state index is 11.8. The molecule has 16 heavy (non-hydrogen) atoms. The Morgan fingerprint density at radius 1 is 1.44 bits per heavy atom. The molecular formula is C10H16N2O3S. The minimum Gasteiger partial charge on any atom is -0.391 e. The normalized spacial score (nSPS) is 34.6. The molecule has 0 radical (unpaired) electrons. The molecule has 6 heteroatoms. The van der Waals surface area contributed by atoms with Crippen molar-refractivity contribution in [3.63, 3.8) is 0 Å². The van der Waals surface area contributed by atoms with Gasteiger partial charge in [-0.2, -0.15) is 0 Å². The molecule has 2 aliphatic rings. The van der Waals surface area contributed by atoms with Crippen LogP contribution in [0.25, 0.3) is 0 Å². The fraction of sp³-hybridized carbons (Fsp3) is 0.800. The number of hydrogen-bond acceptors (Lipinski definition) is 4. The number of nitrogens with one attached hydrogen (secondary N) is 2. The van der Waals surface area contributed by atoms with E-state index >= 15 is 0 Å². The van der Waals surface area contributed by atoms with E-state index in [-0.39, 0.29) is 17.2 Å². The summed E-state index contributed by atoms with van der Waals surface area (Å²) >= 11 is 1.12. The van der Waals surface area contributed by atoms with Crippen molar-refractivity contribution in [1.82, 2.24) is 10.6 Å². The lowest BCUT2D eigenvalue weighted by molar-refractivity contribution is -0.124. The third kappa shape index (κ3) is 2.68. The number of carbonyl (C=O) groups excluding carboxylic acids is 2. The Balaban J connectivity index is 1.84. The van der Waals surface area contributed by atoms with E-state index in [2.05, 4.69) is 10.6 Å². The smallest absolute Gasteiger partial charge is 0.279 e. The van der Waals surface area contributed by atoms with Crippen molar-refractivity contribution in [2.24, 2.45) is 0 Å². The first-order valence-corrected chi connectivity index (χ1v) is 6.57. The summed E-state index contributed by atoms with van der Waals surface area (Å²) < 4.78 is 0. The third-order valence-electron chi connectivity index (χ3n) is 3.05. The minimum absolute atomic E-state index is 0.149. The van der Waals surface area contributed by atoms with Crippen LogP contribution in [0, 0.1) is 0 Å². The molecule has 3 atom stereocenters. The Labute approximate surface area is 98.4 Å². The molecule has 2 rings (SSSR count). The SMILES string of the molecule is O=C1NC(C(=O)N[C@@H]2CCCC[C@H]2O)CS1. The van der Waals surface area contributed by atoms with E-state index in [0.29, 0.717) is 5.75 Å². The van der Waals surface area contributed by atoms with Crippen molar-refractivity contribution in [3.8, 4) is 0 Å². The maximum absolute atomic E-state index is 11.8. The highest BCUT2D eigenvalue weighted by atomic mass is 32.2. The van der Waals surface area contributed by atoms with E-state index < -0.39 is 12.1 Å². The van der Waals surface area contributed by atoms with Gasteiger partial charge in [0.1, 0.15) is 6.04 Å². The average molecular weight is 244 g/mol. The monoisotopic (exact) mass is 244 g/mol. The summed E-state index contributed by atoms with van der Waals surface area (Å²) in [6.07, 6.45) is 3.18. The lowest BCUT2D eigenvalue weighted by Crippen LogP contribution is -2.51. The van der Waals surface area contributed by atoms with Gasteiger partial charge in [0.25, 0.3) is 5.24 Å². The van der Waals surface area contributed by atoms with Gasteiger partial charge in [-0.15, -0.1) is 0 Å². The highest BCUT2D eigenvalue weighted by Crippen LogP contribution is 2.19. The van der Waals surface area contributed by atoms with Crippen molar-refractivity contribution < 1.29 is 14.7 Å². The molecule has 0 spiro atoms. The molecule has 0 aromatic carbocycles. The van der Waals surface area contributed by atoms with Gasteiger partial charge in [-0.3, -0.25) is 9.59 Å². The zero-order valence-electron chi connectivity index (χ0n) is 8.94. The van der Waals surface area contributed by atoms with Gasteiger partial charge in [-0.1, -0.05) is 24.6 Å². The fourth-order valence-electron chi connectivity index (χ4n) is 2.09. The zero-order chi connectivity index (χ0) is 11.5. The van der Waals surface area contributed by atoms with Crippen LogP contribution in [0.3, 0.4) is 0 Å². The second kappa shape index (κ2) is 5.05. The molecule has 0 bridgehead atoms. The Hall–Kier alpha value is -0.750. The van der Waals surface area contributed by atoms with E-state index in [1.807, 2.05) is 0 Å². The predicted molar refractivity (Wildman–Crippen MR) is 61.2 cm³/mol. The number of rotatable bonds is 2. The van der Waals surface area contributed by atoms with Gasteiger partial charge in [0.2, 0.25) is 5.91 Å². The molecular weight excluding hydrogens is 228 g/mol. The van der Waals surface area contributed by atoms with Gasteiger partial charge in [-0.25, -0.2) is 0 Å². The number of hydrogen-bond donors (Lipinski definition) is 3. The lowest BCUT2D eigenvalue weighted by atomic mass is 9.92. The van der Waals surface area contributed by atoms with E-state index in [0.717, 1.165) is 37.4 Å². The molecule has 90 valence electrons. The van der Waals surface area contributed by atoms with Crippen LogP contribution in [-0.4, -0.2) is 40.2 Å². The molecule has 0 aromatic heterocycles. The minimum atomic E-state index is -0.442. The lowest BCUT2D eigenvalue weighted by Gasteiger charge is -2.29. The molecule has 1 aliphatic carbocycles. The van der Waals surface area contributed by atoms with Crippen molar-refractivity contribution in [1.29, 1.82) is 0 Å². The summed E-state index contributed by atoms with van der Waals surface area (Å²) in [5.41, 5.74) is 0. The van der Waals surface area contributed by atoms with Crippen LogP contribution < -0.4 is 10.6 Å². The Kier molecular flexibility index (Phi) is 3.70. The number of carbonyl (C=O) groups is 2. The molecule has 1 aliphatic heterocycles. The molecule has 2 amide bonds. The largest absolute Gasteiger partial charge is 0.391 e. The Morgan fingerprint density at radius 3 is 2.81 bits per heavy atom. The van der Waals surface area contributed by atoms with E-state index in [9.17, 15) is 14.7 Å². The van der Waals surface area contributed by atoms with E-state index in [1.54, 1.807) is 0 Å². The first kappa shape index (κ1) is 11.7. The Bertz CT molecular complexity index is 298. The first-order chi connectivity index (χ1) is 7.66. The summed E-state index contributed by atoms with van der Waals surface area (Å²) in [4.78, 5) is 22.7. The summed E-state index contributed by atoms with van der Waals surface area (Å²) in [5, 5.41) is 15.0. The number of aliphatic hydroxyl groups is 1. The topological polar surface area (TPSA) is 78.4 Å². The van der Waals surface area contributed by atoms with Crippen LogP contribution in [0.15, 0.2) is 0 Å². The van der Waals surface area contributed by atoms with Gasteiger partial charge in [-0.05, 0) is 12.8 Å². The molecule has 1 saturated carbocycles. The van der Waals surface area contributed by atoms with Gasteiger partial charge in [0.15, 0.2) is 0 Å².